The lowest BCUT2D eigenvalue weighted by Gasteiger charge is -2.33. The Bertz CT molecular complexity index is 321. The molecule has 2 fully saturated rings. The van der Waals surface area contributed by atoms with E-state index in [1.165, 1.54) is 32.1 Å². The van der Waals surface area contributed by atoms with Gasteiger partial charge in [-0.2, -0.15) is 0 Å². The van der Waals surface area contributed by atoms with Gasteiger partial charge in [0.1, 0.15) is 0 Å². The van der Waals surface area contributed by atoms with Gasteiger partial charge in [-0.25, -0.2) is 0 Å². The van der Waals surface area contributed by atoms with Crippen LogP contribution >= 0.6 is 0 Å². The van der Waals surface area contributed by atoms with Gasteiger partial charge < -0.3 is 10.6 Å². The molecule has 0 aromatic heterocycles. The second-order valence-electron chi connectivity index (χ2n) is 7.72. The largest absolute Gasteiger partial charge is 0.355 e. The van der Waals surface area contributed by atoms with Crippen molar-refractivity contribution >= 4 is 5.91 Å². The first-order valence-corrected chi connectivity index (χ1v) is 8.49. The van der Waals surface area contributed by atoms with E-state index >= 15 is 0 Å². The average molecular weight is 280 g/mol. The number of carbonyl (C=O) groups is 1. The van der Waals surface area contributed by atoms with Crippen LogP contribution in [0.2, 0.25) is 0 Å². The van der Waals surface area contributed by atoms with Crippen molar-refractivity contribution in [3.63, 3.8) is 0 Å². The summed E-state index contributed by atoms with van der Waals surface area (Å²) in [6.45, 7) is 9.64. The minimum Gasteiger partial charge on any atom is -0.355 e. The summed E-state index contributed by atoms with van der Waals surface area (Å²) >= 11 is 0. The van der Waals surface area contributed by atoms with E-state index in [9.17, 15) is 4.79 Å². The number of rotatable bonds is 5. The number of amides is 1. The fourth-order valence-corrected chi connectivity index (χ4v) is 4.22. The molecule has 0 aromatic rings. The van der Waals surface area contributed by atoms with Gasteiger partial charge in [0.05, 0.1) is 5.92 Å². The molecule has 1 aliphatic carbocycles. The third-order valence-corrected chi connectivity index (χ3v) is 5.08. The third kappa shape index (κ3) is 4.21. The fraction of sp³-hybridized carbons (Fsp3) is 0.941. The van der Waals surface area contributed by atoms with Crippen LogP contribution < -0.4 is 10.6 Å². The lowest BCUT2D eigenvalue weighted by molar-refractivity contribution is -0.126. The molecular weight excluding hydrogens is 248 g/mol. The van der Waals surface area contributed by atoms with E-state index in [0.29, 0.717) is 11.3 Å². The van der Waals surface area contributed by atoms with E-state index < -0.39 is 0 Å². The summed E-state index contributed by atoms with van der Waals surface area (Å²) in [6.07, 6.45) is 7.56. The fourth-order valence-electron chi connectivity index (χ4n) is 4.22. The highest BCUT2D eigenvalue weighted by molar-refractivity contribution is 5.79. The zero-order valence-corrected chi connectivity index (χ0v) is 13.5. The first kappa shape index (κ1) is 15.8. The van der Waals surface area contributed by atoms with Crippen molar-refractivity contribution in [2.75, 3.05) is 19.6 Å². The van der Waals surface area contributed by atoms with Crippen LogP contribution in [0.15, 0.2) is 0 Å². The van der Waals surface area contributed by atoms with Crippen molar-refractivity contribution in [3.05, 3.63) is 0 Å². The molecule has 3 nitrogen and oxygen atoms in total. The molecule has 1 amide bonds. The van der Waals surface area contributed by atoms with Crippen molar-refractivity contribution in [1.82, 2.24) is 10.6 Å². The molecule has 1 saturated carbocycles. The van der Waals surface area contributed by atoms with Crippen molar-refractivity contribution in [3.8, 4) is 0 Å². The van der Waals surface area contributed by atoms with Crippen molar-refractivity contribution < 1.29 is 4.79 Å². The predicted molar refractivity (Wildman–Crippen MR) is 83.5 cm³/mol. The number of carbonyl (C=O) groups excluding carboxylic acids is 1. The zero-order valence-electron chi connectivity index (χ0n) is 13.5. The van der Waals surface area contributed by atoms with E-state index in [-0.39, 0.29) is 11.8 Å². The Hall–Kier alpha value is -0.570. The second kappa shape index (κ2) is 6.93. The predicted octanol–water partition coefficient (Wildman–Crippen LogP) is 2.95. The molecule has 1 aliphatic heterocycles. The minimum absolute atomic E-state index is 0.177. The lowest BCUT2D eigenvalue weighted by Crippen LogP contribution is -2.46. The Kier molecular flexibility index (Phi) is 5.48. The molecule has 2 atom stereocenters. The van der Waals surface area contributed by atoms with E-state index in [1.807, 2.05) is 0 Å². The summed E-state index contributed by atoms with van der Waals surface area (Å²) in [5.41, 5.74) is 0.386. The van der Waals surface area contributed by atoms with Gasteiger partial charge in [0.15, 0.2) is 0 Å². The summed E-state index contributed by atoms with van der Waals surface area (Å²) in [5, 5.41) is 6.66. The van der Waals surface area contributed by atoms with Crippen LogP contribution in [-0.2, 0) is 4.79 Å². The quantitative estimate of drug-likeness (QED) is 0.813. The monoisotopic (exact) mass is 280 g/mol. The Morgan fingerprint density at radius 3 is 2.60 bits per heavy atom. The second-order valence-corrected chi connectivity index (χ2v) is 7.72. The molecule has 0 radical (unpaired) electrons. The van der Waals surface area contributed by atoms with Gasteiger partial charge in [0.25, 0.3) is 0 Å². The van der Waals surface area contributed by atoms with Crippen LogP contribution in [0, 0.1) is 23.2 Å². The van der Waals surface area contributed by atoms with E-state index in [2.05, 4.69) is 31.4 Å². The maximum atomic E-state index is 12.4. The van der Waals surface area contributed by atoms with Gasteiger partial charge in [-0.15, -0.1) is 0 Å². The SMILES string of the molecule is CC(C)CC1(CNC(=O)C2CNCC(C)C2)CCCC1. The Morgan fingerprint density at radius 2 is 2.00 bits per heavy atom. The van der Waals surface area contributed by atoms with Crippen LogP contribution in [0.1, 0.15) is 59.3 Å². The van der Waals surface area contributed by atoms with E-state index in [0.717, 1.165) is 32.0 Å². The molecule has 20 heavy (non-hydrogen) atoms. The molecule has 1 heterocycles. The maximum Gasteiger partial charge on any atom is 0.224 e. The first-order valence-electron chi connectivity index (χ1n) is 8.49. The molecule has 0 spiro atoms. The third-order valence-electron chi connectivity index (χ3n) is 5.08. The Balaban J connectivity index is 1.84. The highest BCUT2D eigenvalue weighted by Gasteiger charge is 2.35. The number of piperidine rings is 1. The highest BCUT2D eigenvalue weighted by Crippen LogP contribution is 2.42. The van der Waals surface area contributed by atoms with Gasteiger partial charge in [-0.3, -0.25) is 4.79 Å². The summed E-state index contributed by atoms with van der Waals surface area (Å²) < 4.78 is 0. The molecule has 3 heteroatoms. The summed E-state index contributed by atoms with van der Waals surface area (Å²) in [4.78, 5) is 12.4. The van der Waals surface area contributed by atoms with Crippen LogP contribution in [0.4, 0.5) is 0 Å². The summed E-state index contributed by atoms with van der Waals surface area (Å²) in [6, 6.07) is 0. The molecule has 2 aliphatic rings. The average Bonchev–Trinajstić information content (AvgIpc) is 2.84. The van der Waals surface area contributed by atoms with E-state index in [4.69, 9.17) is 0 Å². The topological polar surface area (TPSA) is 41.1 Å². The van der Waals surface area contributed by atoms with Crippen LogP contribution in [0.25, 0.3) is 0 Å². The van der Waals surface area contributed by atoms with Crippen LogP contribution in [0.5, 0.6) is 0 Å². The van der Waals surface area contributed by atoms with Crippen LogP contribution in [-0.4, -0.2) is 25.5 Å². The molecule has 0 bridgehead atoms. The highest BCUT2D eigenvalue weighted by atomic mass is 16.1. The maximum absolute atomic E-state index is 12.4. The van der Waals surface area contributed by atoms with Gasteiger partial charge >= 0.3 is 0 Å². The number of hydrogen-bond donors (Lipinski definition) is 2. The minimum atomic E-state index is 0.177. The van der Waals surface area contributed by atoms with Crippen molar-refractivity contribution in [2.24, 2.45) is 23.2 Å². The molecule has 2 rings (SSSR count). The zero-order chi connectivity index (χ0) is 14.6. The summed E-state index contributed by atoms with van der Waals surface area (Å²) in [7, 11) is 0. The lowest BCUT2D eigenvalue weighted by atomic mass is 9.78. The van der Waals surface area contributed by atoms with Gasteiger partial charge in [-0.05, 0) is 49.5 Å². The first-order chi connectivity index (χ1) is 9.51. The van der Waals surface area contributed by atoms with Gasteiger partial charge in [0.2, 0.25) is 5.91 Å². The molecular formula is C17H32N2O. The van der Waals surface area contributed by atoms with Crippen molar-refractivity contribution in [2.45, 2.75) is 59.3 Å². The number of hydrogen-bond acceptors (Lipinski definition) is 2. The smallest absolute Gasteiger partial charge is 0.224 e. The normalized spacial score (nSPS) is 29.6. The van der Waals surface area contributed by atoms with E-state index in [1.54, 1.807) is 0 Å². The molecule has 1 saturated heterocycles. The van der Waals surface area contributed by atoms with Gasteiger partial charge in [0, 0.05) is 13.1 Å². The summed E-state index contributed by atoms with van der Waals surface area (Å²) in [5.74, 6) is 1.80. The Morgan fingerprint density at radius 1 is 1.30 bits per heavy atom. The molecule has 2 N–H and O–H groups in total. The van der Waals surface area contributed by atoms with Crippen LogP contribution in [0.3, 0.4) is 0 Å². The standard InChI is InChI=1S/C17H32N2O/c1-13(2)9-17(6-4-5-7-17)12-19-16(20)15-8-14(3)10-18-11-15/h13-15,18H,4-12H2,1-3H3,(H,19,20). The van der Waals surface area contributed by atoms with Crippen molar-refractivity contribution in [1.29, 1.82) is 0 Å². The molecule has 2 unspecified atom stereocenters. The number of nitrogens with one attached hydrogen (secondary N) is 2. The molecule has 0 aromatic carbocycles. The Labute approximate surface area is 124 Å². The molecule has 116 valence electrons. The van der Waals surface area contributed by atoms with Gasteiger partial charge in [-0.1, -0.05) is 33.6 Å².